The van der Waals surface area contributed by atoms with Crippen LogP contribution in [0.3, 0.4) is 0 Å². The van der Waals surface area contributed by atoms with Gasteiger partial charge in [0.25, 0.3) is 0 Å². The third-order valence-electron chi connectivity index (χ3n) is 8.80. The average molecular weight is 590 g/mol. The number of likely N-dealkylation sites (N-methyl/N-ethyl adjacent to an activating group) is 1. The molecule has 238 valence electrons. The molecule has 0 saturated carbocycles. The smallest absolute Gasteiger partial charge is 0.225 e. The molecule has 1 aromatic rings. The summed E-state index contributed by atoms with van der Waals surface area (Å²) < 4.78 is 17.4. The molecule has 0 bridgehead atoms. The van der Waals surface area contributed by atoms with Crippen molar-refractivity contribution < 1.29 is 28.6 Å². The van der Waals surface area contributed by atoms with Crippen molar-refractivity contribution >= 4 is 17.7 Å². The normalized spacial score (nSPS) is 19.6. The molecule has 3 amide bonds. The van der Waals surface area contributed by atoms with Crippen LogP contribution in [0.4, 0.5) is 0 Å². The van der Waals surface area contributed by atoms with Gasteiger partial charge in [0.2, 0.25) is 17.7 Å². The second-order valence-electron chi connectivity index (χ2n) is 12.1. The third kappa shape index (κ3) is 9.51. The van der Waals surface area contributed by atoms with Crippen LogP contribution in [0.5, 0.6) is 0 Å². The molecule has 0 spiro atoms. The van der Waals surface area contributed by atoms with Crippen LogP contribution in [0.25, 0.3) is 0 Å². The number of hydrogen-bond acceptors (Lipinski definition) is 6. The molecule has 0 radical (unpaired) electrons. The first-order valence-electron chi connectivity index (χ1n) is 15.5. The first-order chi connectivity index (χ1) is 20.0. The molecule has 2 unspecified atom stereocenters. The highest BCUT2D eigenvalue weighted by atomic mass is 16.5. The van der Waals surface area contributed by atoms with Crippen LogP contribution in [-0.2, 0) is 28.6 Å². The predicted molar refractivity (Wildman–Crippen MR) is 165 cm³/mol. The van der Waals surface area contributed by atoms with Gasteiger partial charge < -0.3 is 29.3 Å². The standard InChI is InChI=1S/C33H55N3O6/c1-10-23(4)31(35(6)29(37)19-22(2)3)27(40-7)20-30(38)36-18-14-17-26(36)32(42-9)24(5)33(39)34-21-28(41-8)25-15-12-11-13-16-25/h11-13,15-16,22-24,26-28,31-32H,10,14,17-21H2,1-9H3,(H,34,39)/t23-,24?,26-,27+,28+,31?,32+/m0/s1. The molecule has 42 heavy (non-hydrogen) atoms. The second kappa shape index (κ2) is 17.6. The van der Waals surface area contributed by atoms with E-state index in [4.69, 9.17) is 14.2 Å². The van der Waals surface area contributed by atoms with Crippen molar-refractivity contribution in [3.8, 4) is 0 Å². The van der Waals surface area contributed by atoms with E-state index < -0.39 is 18.1 Å². The van der Waals surface area contributed by atoms with Crippen LogP contribution < -0.4 is 5.32 Å². The van der Waals surface area contributed by atoms with Crippen molar-refractivity contribution in [2.45, 2.75) is 97.1 Å². The topological polar surface area (TPSA) is 97.4 Å². The van der Waals surface area contributed by atoms with Crippen LogP contribution in [-0.4, -0.2) is 93.3 Å². The summed E-state index contributed by atoms with van der Waals surface area (Å²) in [5.74, 6) is -0.204. The highest BCUT2D eigenvalue weighted by molar-refractivity contribution is 5.80. The molecule has 1 aromatic carbocycles. The molecule has 1 saturated heterocycles. The lowest BCUT2D eigenvalue weighted by Gasteiger charge is -2.39. The maximum Gasteiger partial charge on any atom is 0.225 e. The molecule has 0 aromatic heterocycles. The van der Waals surface area contributed by atoms with Gasteiger partial charge in [-0.15, -0.1) is 0 Å². The van der Waals surface area contributed by atoms with E-state index in [0.29, 0.717) is 19.5 Å². The van der Waals surface area contributed by atoms with Crippen LogP contribution in [0.1, 0.15) is 78.4 Å². The van der Waals surface area contributed by atoms with Crippen molar-refractivity contribution in [1.29, 1.82) is 0 Å². The number of carbonyl (C=O) groups excluding carboxylic acids is 3. The number of amides is 3. The zero-order valence-corrected chi connectivity index (χ0v) is 27.3. The zero-order chi connectivity index (χ0) is 31.4. The first-order valence-corrected chi connectivity index (χ1v) is 15.5. The lowest BCUT2D eigenvalue weighted by Crippen LogP contribution is -2.53. The maximum atomic E-state index is 13.8. The number of benzene rings is 1. The average Bonchev–Trinajstić information content (AvgIpc) is 3.46. The lowest BCUT2D eigenvalue weighted by atomic mass is 9.90. The number of rotatable bonds is 17. The minimum atomic E-state index is -0.479. The quantitative estimate of drug-likeness (QED) is 0.288. The fourth-order valence-corrected chi connectivity index (χ4v) is 6.18. The lowest BCUT2D eigenvalue weighted by molar-refractivity contribution is -0.146. The second-order valence-corrected chi connectivity index (χ2v) is 12.1. The minimum absolute atomic E-state index is 0.0412. The van der Waals surface area contributed by atoms with Crippen molar-refractivity contribution in [3.63, 3.8) is 0 Å². The summed E-state index contributed by atoms with van der Waals surface area (Å²) >= 11 is 0. The summed E-state index contributed by atoms with van der Waals surface area (Å²) in [4.78, 5) is 43.7. The molecule has 1 fully saturated rings. The van der Waals surface area contributed by atoms with E-state index >= 15 is 0 Å². The van der Waals surface area contributed by atoms with Gasteiger partial charge in [0.15, 0.2) is 0 Å². The van der Waals surface area contributed by atoms with E-state index in [0.717, 1.165) is 24.8 Å². The van der Waals surface area contributed by atoms with Crippen molar-refractivity contribution in [3.05, 3.63) is 35.9 Å². The summed E-state index contributed by atoms with van der Waals surface area (Å²) in [7, 11) is 6.67. The van der Waals surface area contributed by atoms with E-state index in [1.165, 1.54) is 0 Å². The number of ether oxygens (including phenoxy) is 3. The van der Waals surface area contributed by atoms with Gasteiger partial charge >= 0.3 is 0 Å². The van der Waals surface area contributed by atoms with E-state index in [1.54, 1.807) is 26.2 Å². The molecule has 1 aliphatic heterocycles. The summed E-state index contributed by atoms with van der Waals surface area (Å²) in [6.45, 7) is 11.0. The summed E-state index contributed by atoms with van der Waals surface area (Å²) in [5.41, 5.74) is 0.990. The number of likely N-dealkylation sites (tertiary alicyclic amines) is 1. The van der Waals surface area contributed by atoms with Gasteiger partial charge in [-0.3, -0.25) is 14.4 Å². The van der Waals surface area contributed by atoms with E-state index in [2.05, 4.69) is 19.2 Å². The summed E-state index contributed by atoms with van der Waals surface area (Å²) in [6, 6.07) is 9.33. The molecule has 9 nitrogen and oxygen atoms in total. The zero-order valence-electron chi connectivity index (χ0n) is 27.3. The molecular formula is C33H55N3O6. The number of hydrogen-bond donors (Lipinski definition) is 1. The van der Waals surface area contributed by atoms with Gasteiger partial charge in [0, 0.05) is 47.9 Å². The van der Waals surface area contributed by atoms with Gasteiger partial charge in [0.1, 0.15) is 0 Å². The Labute approximate surface area is 253 Å². The molecule has 0 aliphatic carbocycles. The number of nitrogens with zero attached hydrogens (tertiary/aromatic N) is 2. The highest BCUT2D eigenvalue weighted by Gasteiger charge is 2.42. The van der Waals surface area contributed by atoms with Gasteiger partial charge in [-0.25, -0.2) is 0 Å². The molecule has 1 heterocycles. The van der Waals surface area contributed by atoms with E-state index in [9.17, 15) is 14.4 Å². The van der Waals surface area contributed by atoms with Crippen LogP contribution >= 0.6 is 0 Å². The summed E-state index contributed by atoms with van der Waals surface area (Å²) in [5, 5.41) is 3.02. The number of carbonyl (C=O) groups is 3. The molecule has 2 rings (SSSR count). The van der Waals surface area contributed by atoms with E-state index in [1.807, 2.05) is 63.1 Å². The fourth-order valence-electron chi connectivity index (χ4n) is 6.18. The Bertz CT molecular complexity index is 974. The monoisotopic (exact) mass is 589 g/mol. The molecule has 1 N–H and O–H groups in total. The molecule has 7 atom stereocenters. The Balaban J connectivity index is 2.13. The summed E-state index contributed by atoms with van der Waals surface area (Å²) in [6.07, 6.45) is 1.89. The third-order valence-corrected chi connectivity index (χ3v) is 8.80. The van der Waals surface area contributed by atoms with Crippen LogP contribution in [0.2, 0.25) is 0 Å². The maximum absolute atomic E-state index is 13.8. The van der Waals surface area contributed by atoms with Crippen molar-refractivity contribution in [1.82, 2.24) is 15.1 Å². The molecular weight excluding hydrogens is 534 g/mol. The van der Waals surface area contributed by atoms with Crippen LogP contribution in [0, 0.1) is 17.8 Å². The van der Waals surface area contributed by atoms with Gasteiger partial charge in [0.05, 0.1) is 42.7 Å². The van der Waals surface area contributed by atoms with Gasteiger partial charge in [-0.1, -0.05) is 71.4 Å². The Kier molecular flexibility index (Phi) is 14.9. The molecule has 9 heteroatoms. The fraction of sp³-hybridized carbons (Fsp3) is 0.727. The Morgan fingerprint density at radius 2 is 1.67 bits per heavy atom. The van der Waals surface area contributed by atoms with Crippen molar-refractivity contribution in [2.75, 3.05) is 41.5 Å². The van der Waals surface area contributed by atoms with Gasteiger partial charge in [-0.05, 0) is 30.2 Å². The SMILES string of the molecule is CC[C@H](C)C([C@@H](CC(=O)N1CCC[C@H]1[C@H](OC)C(C)C(=O)NC[C@@H](OC)c1ccccc1)OC)N(C)C(=O)CC(C)C. The number of methoxy groups -OCH3 is 3. The molecule has 1 aliphatic rings. The predicted octanol–water partition coefficient (Wildman–Crippen LogP) is 4.46. The van der Waals surface area contributed by atoms with E-state index in [-0.39, 0.29) is 54.2 Å². The number of nitrogens with one attached hydrogen (secondary N) is 1. The first kappa shape index (κ1) is 35.7. The minimum Gasteiger partial charge on any atom is -0.379 e. The Morgan fingerprint density at radius 1 is 1.00 bits per heavy atom. The van der Waals surface area contributed by atoms with Crippen molar-refractivity contribution in [2.24, 2.45) is 17.8 Å². The van der Waals surface area contributed by atoms with Gasteiger partial charge in [-0.2, -0.15) is 0 Å². The highest BCUT2D eigenvalue weighted by Crippen LogP contribution is 2.29. The Hall–Kier alpha value is -2.49. The van der Waals surface area contributed by atoms with Crippen LogP contribution in [0.15, 0.2) is 30.3 Å². The Morgan fingerprint density at radius 3 is 2.21 bits per heavy atom. The largest absolute Gasteiger partial charge is 0.379 e.